The van der Waals surface area contributed by atoms with E-state index >= 15 is 0 Å². The average Bonchev–Trinajstić information content (AvgIpc) is 2.70. The molecule has 0 spiro atoms. The first-order valence-electron chi connectivity index (χ1n) is 5.67. The number of rotatable bonds is 3. The summed E-state index contributed by atoms with van der Waals surface area (Å²) in [5.41, 5.74) is 5.52. The Kier molecular flexibility index (Phi) is 4.00. The minimum Gasteiger partial charge on any atom is -0.382 e. The van der Waals surface area contributed by atoms with E-state index in [1.54, 1.807) is 0 Å². The van der Waals surface area contributed by atoms with Gasteiger partial charge in [-0.2, -0.15) is 13.2 Å². The van der Waals surface area contributed by atoms with Gasteiger partial charge in [0, 0.05) is 19.1 Å². The summed E-state index contributed by atoms with van der Waals surface area (Å²) in [6.45, 7) is -0.222. The molecule has 106 valence electrons. The first-order valence-corrected chi connectivity index (χ1v) is 6.04. The minimum atomic E-state index is -4.17. The summed E-state index contributed by atoms with van der Waals surface area (Å²) >= 11 is 5.91. The van der Waals surface area contributed by atoms with E-state index in [4.69, 9.17) is 17.3 Å². The molecule has 1 aliphatic heterocycles. The third-order valence-electron chi connectivity index (χ3n) is 2.83. The van der Waals surface area contributed by atoms with Crippen LogP contribution in [-0.4, -0.2) is 46.7 Å². The van der Waals surface area contributed by atoms with Crippen LogP contribution in [0.25, 0.3) is 0 Å². The molecule has 1 aromatic rings. The Morgan fingerprint density at radius 3 is 2.89 bits per heavy atom. The van der Waals surface area contributed by atoms with Gasteiger partial charge in [-0.15, -0.1) is 0 Å². The molecule has 0 bridgehead atoms. The highest BCUT2D eigenvalue weighted by Gasteiger charge is 2.34. The highest BCUT2D eigenvalue weighted by atomic mass is 35.5. The molecular weight excluding hydrogens is 283 g/mol. The molecule has 0 unspecified atom stereocenters. The lowest BCUT2D eigenvalue weighted by molar-refractivity contribution is -0.143. The van der Waals surface area contributed by atoms with Gasteiger partial charge >= 0.3 is 6.18 Å². The quantitative estimate of drug-likeness (QED) is 0.889. The summed E-state index contributed by atoms with van der Waals surface area (Å²) in [6, 6.07) is -0.130. The van der Waals surface area contributed by atoms with Crippen molar-refractivity contribution >= 4 is 23.2 Å². The molecule has 1 atom stereocenters. The number of aromatic nitrogens is 2. The van der Waals surface area contributed by atoms with Crippen molar-refractivity contribution in [2.75, 3.05) is 30.7 Å². The number of nitrogen functional groups attached to an aromatic ring is 1. The van der Waals surface area contributed by atoms with Crippen LogP contribution in [0, 0.1) is 0 Å². The summed E-state index contributed by atoms with van der Waals surface area (Å²) in [5.74, 6) is 0.498. The molecule has 9 heteroatoms. The highest BCUT2D eigenvalue weighted by molar-refractivity contribution is 6.35. The third kappa shape index (κ3) is 3.84. The monoisotopic (exact) mass is 295 g/mol. The van der Waals surface area contributed by atoms with Gasteiger partial charge in [0.2, 0.25) is 0 Å². The van der Waals surface area contributed by atoms with Crippen LogP contribution in [0.1, 0.15) is 6.42 Å². The average molecular weight is 296 g/mol. The normalized spacial score (nSPS) is 20.7. The van der Waals surface area contributed by atoms with Gasteiger partial charge < -0.3 is 11.1 Å². The van der Waals surface area contributed by atoms with Gasteiger partial charge in [0.1, 0.15) is 17.2 Å². The predicted octanol–water partition coefficient (Wildman–Crippen LogP) is 1.76. The maximum absolute atomic E-state index is 12.3. The molecule has 1 aliphatic rings. The van der Waals surface area contributed by atoms with E-state index in [0.717, 1.165) is 0 Å². The summed E-state index contributed by atoms with van der Waals surface area (Å²) in [4.78, 5) is 8.98. The van der Waals surface area contributed by atoms with Crippen molar-refractivity contribution < 1.29 is 13.2 Å². The fourth-order valence-electron chi connectivity index (χ4n) is 2.03. The lowest BCUT2D eigenvalue weighted by Crippen LogP contribution is -2.34. The number of nitrogens with one attached hydrogen (secondary N) is 1. The second kappa shape index (κ2) is 5.38. The number of likely N-dealkylation sites (tertiary alicyclic amines) is 1. The van der Waals surface area contributed by atoms with Crippen LogP contribution in [0.2, 0.25) is 5.02 Å². The zero-order valence-corrected chi connectivity index (χ0v) is 10.7. The highest BCUT2D eigenvalue weighted by Crippen LogP contribution is 2.26. The number of alkyl halides is 3. The Hall–Kier alpha value is -1.28. The van der Waals surface area contributed by atoms with E-state index in [0.29, 0.717) is 25.3 Å². The first-order chi connectivity index (χ1) is 8.85. The van der Waals surface area contributed by atoms with Crippen LogP contribution in [0.5, 0.6) is 0 Å². The van der Waals surface area contributed by atoms with Crippen molar-refractivity contribution in [2.45, 2.75) is 18.6 Å². The standard InChI is InChI=1S/C10H13ClF3N5/c11-7-8(15)16-5-17-9(7)18-6-1-2-19(3-6)4-10(12,13)14/h5-6H,1-4H2,(H3,15,16,17,18)/t6-/m1/s1. The molecule has 1 saturated heterocycles. The van der Waals surface area contributed by atoms with E-state index in [1.807, 2.05) is 0 Å². The topological polar surface area (TPSA) is 67.1 Å². The summed E-state index contributed by atoms with van der Waals surface area (Å²) in [5, 5.41) is 3.19. The molecule has 0 aliphatic carbocycles. The van der Waals surface area contributed by atoms with Crippen molar-refractivity contribution in [1.82, 2.24) is 14.9 Å². The second-order valence-corrected chi connectivity index (χ2v) is 4.78. The van der Waals surface area contributed by atoms with Crippen LogP contribution >= 0.6 is 11.6 Å². The molecule has 3 N–H and O–H groups in total. The number of halogens is 4. The Balaban J connectivity index is 1.93. The molecule has 1 aromatic heterocycles. The second-order valence-electron chi connectivity index (χ2n) is 4.40. The largest absolute Gasteiger partial charge is 0.401 e. The Bertz CT molecular complexity index is 453. The fraction of sp³-hybridized carbons (Fsp3) is 0.600. The van der Waals surface area contributed by atoms with Crippen LogP contribution in [0.15, 0.2) is 6.33 Å². The van der Waals surface area contributed by atoms with Crippen molar-refractivity contribution in [1.29, 1.82) is 0 Å². The van der Waals surface area contributed by atoms with Crippen molar-refractivity contribution in [3.05, 3.63) is 11.3 Å². The van der Waals surface area contributed by atoms with Gasteiger partial charge in [-0.05, 0) is 6.42 Å². The SMILES string of the molecule is Nc1ncnc(N[C@@H]2CCN(CC(F)(F)F)C2)c1Cl. The first kappa shape index (κ1) is 14.1. The van der Waals surface area contributed by atoms with Crippen LogP contribution in [0.4, 0.5) is 24.8 Å². The number of anilines is 2. The molecule has 0 radical (unpaired) electrons. The van der Waals surface area contributed by atoms with E-state index in [1.165, 1.54) is 11.2 Å². The zero-order chi connectivity index (χ0) is 14.0. The number of nitrogens with zero attached hydrogens (tertiary/aromatic N) is 3. The fourth-order valence-corrected chi connectivity index (χ4v) is 2.18. The zero-order valence-electron chi connectivity index (χ0n) is 9.91. The molecule has 1 fully saturated rings. The Morgan fingerprint density at radius 2 is 2.21 bits per heavy atom. The lowest BCUT2D eigenvalue weighted by Gasteiger charge is -2.18. The molecule has 0 aromatic carbocycles. The molecule has 0 amide bonds. The van der Waals surface area contributed by atoms with Gasteiger partial charge in [-0.3, -0.25) is 4.90 Å². The van der Waals surface area contributed by atoms with E-state index in [9.17, 15) is 13.2 Å². The summed E-state index contributed by atoms with van der Waals surface area (Å²) in [7, 11) is 0. The summed E-state index contributed by atoms with van der Waals surface area (Å²) in [6.07, 6.45) is -2.33. The third-order valence-corrected chi connectivity index (χ3v) is 3.21. The number of nitrogens with two attached hydrogens (primary N) is 1. The van der Waals surface area contributed by atoms with Gasteiger partial charge in [0.25, 0.3) is 0 Å². The summed E-state index contributed by atoms with van der Waals surface area (Å²) < 4.78 is 36.8. The maximum atomic E-state index is 12.3. The van der Waals surface area contributed by atoms with E-state index in [2.05, 4.69) is 15.3 Å². The van der Waals surface area contributed by atoms with Crippen LogP contribution in [0.3, 0.4) is 0 Å². The minimum absolute atomic E-state index is 0.130. The predicted molar refractivity (Wildman–Crippen MR) is 66.0 cm³/mol. The van der Waals surface area contributed by atoms with Gasteiger partial charge in [-0.1, -0.05) is 11.6 Å². The van der Waals surface area contributed by atoms with Gasteiger partial charge in [0.05, 0.1) is 6.54 Å². The Labute approximate surface area is 113 Å². The van der Waals surface area contributed by atoms with E-state index in [-0.39, 0.29) is 16.9 Å². The number of hydrogen-bond donors (Lipinski definition) is 2. The molecule has 0 saturated carbocycles. The molecule has 2 rings (SSSR count). The van der Waals surface area contributed by atoms with Crippen molar-refractivity contribution in [3.8, 4) is 0 Å². The van der Waals surface area contributed by atoms with Crippen LogP contribution < -0.4 is 11.1 Å². The molecular formula is C10H13ClF3N5. The van der Waals surface area contributed by atoms with E-state index < -0.39 is 12.7 Å². The van der Waals surface area contributed by atoms with Crippen LogP contribution in [-0.2, 0) is 0 Å². The number of hydrogen-bond acceptors (Lipinski definition) is 5. The van der Waals surface area contributed by atoms with Gasteiger partial charge in [0.15, 0.2) is 5.82 Å². The Morgan fingerprint density at radius 1 is 1.47 bits per heavy atom. The lowest BCUT2D eigenvalue weighted by atomic mass is 10.2. The van der Waals surface area contributed by atoms with Crippen molar-refractivity contribution in [3.63, 3.8) is 0 Å². The molecule has 19 heavy (non-hydrogen) atoms. The smallest absolute Gasteiger partial charge is 0.382 e. The van der Waals surface area contributed by atoms with Crippen molar-refractivity contribution in [2.24, 2.45) is 0 Å². The molecule has 2 heterocycles. The maximum Gasteiger partial charge on any atom is 0.401 e. The van der Waals surface area contributed by atoms with Gasteiger partial charge in [-0.25, -0.2) is 9.97 Å². The molecule has 5 nitrogen and oxygen atoms in total.